The van der Waals surface area contributed by atoms with Crippen molar-refractivity contribution in [1.29, 1.82) is 0 Å². The van der Waals surface area contributed by atoms with Crippen molar-refractivity contribution in [3.8, 4) is 0 Å². The van der Waals surface area contributed by atoms with Crippen LogP contribution in [0.4, 0.5) is 9.18 Å². The number of nitrogens with one attached hydrogen (secondary N) is 2. The molecule has 0 aromatic heterocycles. The largest absolute Gasteiger partial charge is 0.396 e. The highest BCUT2D eigenvalue weighted by Crippen LogP contribution is 2.09. The summed E-state index contributed by atoms with van der Waals surface area (Å²) in [6, 6.07) is 4.43. The van der Waals surface area contributed by atoms with Crippen molar-refractivity contribution in [1.82, 2.24) is 10.6 Å². The summed E-state index contributed by atoms with van der Waals surface area (Å²) in [4.78, 5) is 11.7. The van der Waals surface area contributed by atoms with Crippen LogP contribution < -0.4 is 10.6 Å². The average Bonchev–Trinajstić information content (AvgIpc) is 2.41. The molecule has 0 aliphatic rings. The van der Waals surface area contributed by atoms with Gasteiger partial charge in [0.05, 0.1) is 0 Å². The number of aliphatic hydroxyl groups excluding tert-OH is 1. The molecule has 0 radical (unpaired) electrons. The molecule has 1 unspecified atom stereocenters. The van der Waals surface area contributed by atoms with Gasteiger partial charge in [-0.1, -0.05) is 12.1 Å². The SMILES string of the molecule is CSCC(CCO)NC(=O)NCc1ccc(F)c(C)c1. The summed E-state index contributed by atoms with van der Waals surface area (Å²) in [6.45, 7) is 2.08. The Labute approximate surface area is 123 Å². The lowest BCUT2D eigenvalue weighted by molar-refractivity contribution is 0.231. The number of thioether (sulfide) groups is 1. The lowest BCUT2D eigenvalue weighted by atomic mass is 10.1. The molecule has 112 valence electrons. The molecule has 0 saturated carbocycles. The summed E-state index contributed by atoms with van der Waals surface area (Å²) in [5, 5.41) is 14.5. The number of hydrogen-bond acceptors (Lipinski definition) is 3. The highest BCUT2D eigenvalue weighted by Gasteiger charge is 2.11. The fourth-order valence-corrected chi connectivity index (χ4v) is 2.44. The Balaban J connectivity index is 2.43. The molecule has 1 aromatic carbocycles. The number of aliphatic hydroxyl groups is 1. The van der Waals surface area contributed by atoms with Gasteiger partial charge in [0.2, 0.25) is 0 Å². The third-order valence-electron chi connectivity index (χ3n) is 2.86. The monoisotopic (exact) mass is 300 g/mol. The maximum atomic E-state index is 13.1. The molecule has 0 fully saturated rings. The molecule has 0 aliphatic heterocycles. The van der Waals surface area contributed by atoms with Crippen molar-refractivity contribution in [3.63, 3.8) is 0 Å². The first-order valence-electron chi connectivity index (χ1n) is 6.46. The van der Waals surface area contributed by atoms with Gasteiger partial charge in [-0.15, -0.1) is 0 Å². The Morgan fingerprint density at radius 1 is 1.50 bits per heavy atom. The van der Waals surface area contributed by atoms with E-state index in [1.807, 2.05) is 6.26 Å². The van der Waals surface area contributed by atoms with E-state index in [4.69, 9.17) is 5.11 Å². The summed E-state index contributed by atoms with van der Waals surface area (Å²) in [5.74, 6) is 0.505. The summed E-state index contributed by atoms with van der Waals surface area (Å²) in [7, 11) is 0. The van der Waals surface area contributed by atoms with E-state index in [1.165, 1.54) is 6.07 Å². The third-order valence-corrected chi connectivity index (χ3v) is 3.59. The average molecular weight is 300 g/mol. The second kappa shape index (κ2) is 8.81. The zero-order chi connectivity index (χ0) is 15.0. The maximum Gasteiger partial charge on any atom is 0.315 e. The molecule has 4 nitrogen and oxygen atoms in total. The zero-order valence-corrected chi connectivity index (χ0v) is 12.6. The Bertz CT molecular complexity index is 437. The number of amides is 2. The molecule has 0 heterocycles. The van der Waals surface area contributed by atoms with E-state index in [2.05, 4.69) is 10.6 Å². The van der Waals surface area contributed by atoms with Crippen LogP contribution in [0.2, 0.25) is 0 Å². The normalized spacial score (nSPS) is 12.0. The first-order valence-corrected chi connectivity index (χ1v) is 7.85. The van der Waals surface area contributed by atoms with Crippen molar-refractivity contribution >= 4 is 17.8 Å². The molecule has 0 bridgehead atoms. The predicted molar refractivity (Wildman–Crippen MR) is 80.4 cm³/mol. The molecule has 2 amide bonds. The molecule has 0 saturated heterocycles. The lowest BCUT2D eigenvalue weighted by Crippen LogP contribution is -2.43. The van der Waals surface area contributed by atoms with Crippen LogP contribution in [-0.4, -0.2) is 35.8 Å². The van der Waals surface area contributed by atoms with E-state index in [0.717, 1.165) is 11.3 Å². The Morgan fingerprint density at radius 2 is 2.25 bits per heavy atom. The van der Waals surface area contributed by atoms with Crippen LogP contribution in [0.25, 0.3) is 0 Å². The number of urea groups is 1. The van der Waals surface area contributed by atoms with Gasteiger partial charge < -0.3 is 15.7 Å². The van der Waals surface area contributed by atoms with Gasteiger partial charge in [0.1, 0.15) is 5.82 Å². The molecule has 1 rings (SSSR count). The number of benzene rings is 1. The summed E-state index contributed by atoms with van der Waals surface area (Å²) in [6.07, 6.45) is 2.48. The van der Waals surface area contributed by atoms with Crippen molar-refractivity contribution in [2.45, 2.75) is 25.9 Å². The van der Waals surface area contributed by atoms with Crippen LogP contribution in [0.5, 0.6) is 0 Å². The molecule has 3 N–H and O–H groups in total. The second-order valence-electron chi connectivity index (χ2n) is 4.58. The van der Waals surface area contributed by atoms with Crippen molar-refractivity contribution in [2.24, 2.45) is 0 Å². The molecule has 6 heteroatoms. The number of aryl methyl sites for hydroxylation is 1. The van der Waals surface area contributed by atoms with Crippen LogP contribution in [0, 0.1) is 12.7 Å². The van der Waals surface area contributed by atoms with Gasteiger partial charge in [0, 0.05) is 24.9 Å². The molecular weight excluding hydrogens is 279 g/mol. The topological polar surface area (TPSA) is 61.4 Å². The molecule has 1 aromatic rings. The van der Waals surface area contributed by atoms with E-state index >= 15 is 0 Å². The van der Waals surface area contributed by atoms with Gasteiger partial charge in [0.25, 0.3) is 0 Å². The molecule has 20 heavy (non-hydrogen) atoms. The second-order valence-corrected chi connectivity index (χ2v) is 5.49. The Morgan fingerprint density at radius 3 is 2.85 bits per heavy atom. The van der Waals surface area contributed by atoms with Crippen LogP contribution in [0.15, 0.2) is 18.2 Å². The number of hydrogen-bond donors (Lipinski definition) is 3. The predicted octanol–water partition coefficient (Wildman–Crippen LogP) is 2.05. The van der Waals surface area contributed by atoms with Crippen LogP contribution >= 0.6 is 11.8 Å². The van der Waals surface area contributed by atoms with Gasteiger partial charge >= 0.3 is 6.03 Å². The number of halogens is 1. The minimum atomic E-state index is -0.278. The first-order chi connectivity index (χ1) is 9.56. The van der Waals surface area contributed by atoms with Crippen LogP contribution in [0.3, 0.4) is 0 Å². The Kier molecular flexibility index (Phi) is 7.40. The van der Waals surface area contributed by atoms with E-state index in [-0.39, 0.29) is 24.5 Å². The van der Waals surface area contributed by atoms with Crippen LogP contribution in [-0.2, 0) is 6.54 Å². The lowest BCUT2D eigenvalue weighted by Gasteiger charge is -2.17. The molecule has 0 spiro atoms. The third kappa shape index (κ3) is 5.79. The number of carbonyl (C=O) groups excluding carboxylic acids is 1. The quantitative estimate of drug-likeness (QED) is 0.722. The standard InChI is InChI=1S/C14H21FN2O2S/c1-10-7-11(3-4-13(10)15)8-16-14(19)17-12(5-6-18)9-20-2/h3-4,7,12,18H,5-6,8-9H2,1-2H3,(H2,16,17,19). The van der Waals surface area contributed by atoms with E-state index < -0.39 is 0 Å². The minimum Gasteiger partial charge on any atom is -0.396 e. The van der Waals surface area contributed by atoms with Crippen LogP contribution in [0.1, 0.15) is 17.5 Å². The number of rotatable bonds is 7. The first kappa shape index (κ1) is 16.8. The zero-order valence-electron chi connectivity index (χ0n) is 11.8. The maximum absolute atomic E-state index is 13.1. The van der Waals surface area contributed by atoms with E-state index in [1.54, 1.807) is 30.8 Å². The molecular formula is C14H21FN2O2S. The Hall–Kier alpha value is -1.27. The summed E-state index contributed by atoms with van der Waals surface area (Å²) < 4.78 is 13.1. The smallest absolute Gasteiger partial charge is 0.315 e. The fourth-order valence-electron chi connectivity index (χ4n) is 1.79. The summed E-state index contributed by atoms with van der Waals surface area (Å²) >= 11 is 1.61. The van der Waals surface area contributed by atoms with Crippen molar-refractivity contribution in [2.75, 3.05) is 18.6 Å². The van der Waals surface area contributed by atoms with Crippen molar-refractivity contribution in [3.05, 3.63) is 35.1 Å². The number of carbonyl (C=O) groups is 1. The van der Waals surface area contributed by atoms with E-state index in [9.17, 15) is 9.18 Å². The van der Waals surface area contributed by atoms with Gasteiger partial charge in [-0.3, -0.25) is 0 Å². The minimum absolute atomic E-state index is 0.0443. The van der Waals surface area contributed by atoms with Gasteiger partial charge in [-0.25, -0.2) is 9.18 Å². The highest BCUT2D eigenvalue weighted by atomic mass is 32.2. The van der Waals surface area contributed by atoms with Gasteiger partial charge in [0.15, 0.2) is 0 Å². The van der Waals surface area contributed by atoms with Gasteiger partial charge in [-0.05, 0) is 36.8 Å². The molecule has 1 atom stereocenters. The molecule has 0 aliphatic carbocycles. The fraction of sp³-hybridized carbons (Fsp3) is 0.500. The highest BCUT2D eigenvalue weighted by molar-refractivity contribution is 7.98. The summed E-state index contributed by atoms with van der Waals surface area (Å²) in [5.41, 5.74) is 1.41. The van der Waals surface area contributed by atoms with Gasteiger partial charge in [-0.2, -0.15) is 11.8 Å². The van der Waals surface area contributed by atoms with Crippen molar-refractivity contribution < 1.29 is 14.3 Å². The van der Waals surface area contributed by atoms with E-state index in [0.29, 0.717) is 18.5 Å².